The van der Waals surface area contributed by atoms with Crippen LogP contribution in [-0.2, 0) is 26.8 Å². The lowest BCUT2D eigenvalue weighted by atomic mass is 9.97. The molecular weight excluding hydrogens is 509 g/mol. The molecule has 0 spiro atoms. The number of nitrogens with two attached hydrogens (primary N) is 1. The van der Waals surface area contributed by atoms with Gasteiger partial charge in [-0.2, -0.15) is 13.6 Å². The van der Waals surface area contributed by atoms with Gasteiger partial charge < -0.3 is 30.4 Å². The molecule has 1 aromatic rings. The second-order valence-electron chi connectivity index (χ2n) is 6.42. The number of anilines is 1. The summed E-state index contributed by atoms with van der Waals surface area (Å²) in [5, 5.41) is 10.2. The van der Waals surface area contributed by atoms with Crippen molar-refractivity contribution >= 4 is 29.3 Å². The first kappa shape index (κ1) is 26.7. The average molecular weight is 525 g/mol. The second-order valence-corrected chi connectivity index (χ2v) is 10.8. The average Bonchev–Trinajstić information content (AvgIpc) is 2.85. The molecule has 6 atom stereocenters. The molecule has 0 amide bonds. The van der Waals surface area contributed by atoms with Gasteiger partial charge in [0.1, 0.15) is 6.10 Å². The van der Waals surface area contributed by atoms with E-state index < -0.39 is 77.6 Å². The maximum absolute atomic E-state index is 15.3. The Morgan fingerprint density at radius 1 is 1.28 bits per heavy atom. The van der Waals surface area contributed by atoms with E-state index in [2.05, 4.69) is 18.1 Å². The maximum atomic E-state index is 15.3. The number of nitrogens with zero attached hydrogens (tertiary/aromatic N) is 2. The number of aliphatic hydroxyl groups is 1. The maximum Gasteiger partial charge on any atom is 0.490 e. The zero-order valence-electron chi connectivity index (χ0n) is 15.5. The minimum Gasteiger partial charge on any atom is -0.388 e. The number of hydrogen-bond donors (Lipinski definition) is 6. The van der Waals surface area contributed by atoms with Crippen molar-refractivity contribution in [1.29, 1.82) is 0 Å². The van der Waals surface area contributed by atoms with Crippen LogP contribution in [0.5, 0.6) is 0 Å². The summed E-state index contributed by atoms with van der Waals surface area (Å²) >= 11 is 0. The molecule has 4 unspecified atom stereocenters. The molecule has 0 bridgehead atoms. The predicted octanol–water partition coefficient (Wildman–Crippen LogP) is -0.429. The number of aromatic nitrogens is 2. The van der Waals surface area contributed by atoms with Gasteiger partial charge in [0.15, 0.2) is 11.6 Å². The second kappa shape index (κ2) is 9.02. The summed E-state index contributed by atoms with van der Waals surface area (Å²) in [5.74, 6) is -1.81. The number of terminal acetylenes is 1. The first-order chi connectivity index (χ1) is 14.4. The van der Waals surface area contributed by atoms with Crippen molar-refractivity contribution in [2.45, 2.75) is 24.2 Å². The molecule has 1 aliphatic rings. The Hall–Kier alpha value is -1.53. The van der Waals surface area contributed by atoms with Gasteiger partial charge in [-0.15, -0.1) is 6.42 Å². The minimum atomic E-state index is -5.80. The van der Waals surface area contributed by atoms with E-state index in [0.717, 1.165) is 0 Å². The summed E-state index contributed by atoms with van der Waals surface area (Å²) in [5.41, 5.74) is 0.918. The molecule has 0 saturated heterocycles. The fourth-order valence-corrected chi connectivity index (χ4v) is 6.03. The van der Waals surface area contributed by atoms with Crippen molar-refractivity contribution in [1.82, 2.24) is 9.55 Å². The van der Waals surface area contributed by atoms with E-state index in [-0.39, 0.29) is 0 Å². The lowest BCUT2D eigenvalue weighted by Gasteiger charge is -2.26. The highest BCUT2D eigenvalue weighted by Crippen LogP contribution is 2.66. The molecule has 15 nitrogen and oxygen atoms in total. The largest absolute Gasteiger partial charge is 0.490 e. The lowest BCUT2D eigenvalue weighted by molar-refractivity contribution is 0.00301. The van der Waals surface area contributed by atoms with E-state index in [1.54, 1.807) is 5.92 Å². The van der Waals surface area contributed by atoms with Gasteiger partial charge in [0, 0.05) is 12.1 Å². The van der Waals surface area contributed by atoms with E-state index in [4.69, 9.17) is 26.8 Å². The van der Waals surface area contributed by atoms with E-state index in [1.807, 2.05) is 0 Å². The molecule has 1 fully saturated rings. The van der Waals surface area contributed by atoms with E-state index in [0.29, 0.717) is 10.8 Å². The minimum absolute atomic E-state index is 0.430. The molecule has 1 aliphatic carbocycles. The quantitative estimate of drug-likeness (QED) is 0.186. The molecule has 1 aromatic heterocycles. The van der Waals surface area contributed by atoms with Crippen molar-refractivity contribution < 1.29 is 60.3 Å². The summed E-state index contributed by atoms with van der Waals surface area (Å²) in [6.07, 6.45) is 2.88. The summed E-state index contributed by atoms with van der Waals surface area (Å²) in [7, 11) is -17.0. The van der Waals surface area contributed by atoms with Gasteiger partial charge in [-0.3, -0.25) is 9.09 Å². The SMILES string of the molecule is C#CC1(F)C(O)[C@@H](COP(=O)(O)OP(=O)(O)OP(=O)(O)O)C[C@H]1n1cc(F)c(N)nc1=O. The molecular formula is C12H16F2N3O12P3. The van der Waals surface area contributed by atoms with Gasteiger partial charge in [0.25, 0.3) is 0 Å². The number of alkyl halides is 1. The molecule has 20 heteroatoms. The zero-order chi connectivity index (χ0) is 24.7. The van der Waals surface area contributed by atoms with Crippen LogP contribution < -0.4 is 11.4 Å². The van der Waals surface area contributed by atoms with Crippen molar-refractivity contribution in [3.63, 3.8) is 0 Å². The van der Waals surface area contributed by atoms with Crippen molar-refractivity contribution in [2.75, 3.05) is 12.3 Å². The highest BCUT2D eigenvalue weighted by Gasteiger charge is 2.57. The Bertz CT molecular complexity index is 1130. The summed E-state index contributed by atoms with van der Waals surface area (Å²) in [6.45, 7) is -1.08. The van der Waals surface area contributed by atoms with Gasteiger partial charge in [0.2, 0.25) is 5.67 Å². The molecule has 1 saturated carbocycles. The molecule has 1 heterocycles. The van der Waals surface area contributed by atoms with Gasteiger partial charge >= 0.3 is 29.2 Å². The molecule has 0 radical (unpaired) electrons. The first-order valence-electron chi connectivity index (χ1n) is 8.08. The van der Waals surface area contributed by atoms with Crippen LogP contribution in [0.25, 0.3) is 0 Å². The monoisotopic (exact) mass is 525 g/mol. The van der Waals surface area contributed by atoms with Crippen LogP contribution in [0.15, 0.2) is 11.0 Å². The fraction of sp³-hybridized carbons (Fsp3) is 0.500. The molecule has 180 valence electrons. The third-order valence-electron chi connectivity index (χ3n) is 4.25. The van der Waals surface area contributed by atoms with E-state index in [1.165, 1.54) is 0 Å². The Morgan fingerprint density at radius 3 is 2.41 bits per heavy atom. The Kier molecular flexibility index (Phi) is 7.53. The van der Waals surface area contributed by atoms with Crippen LogP contribution in [0.4, 0.5) is 14.6 Å². The van der Waals surface area contributed by atoms with Crippen molar-refractivity contribution in [3.05, 3.63) is 22.5 Å². The number of hydrogen-bond acceptors (Lipinski definition) is 10. The van der Waals surface area contributed by atoms with Crippen molar-refractivity contribution in [2.24, 2.45) is 5.92 Å². The fourth-order valence-electron chi connectivity index (χ4n) is 2.96. The lowest BCUT2D eigenvalue weighted by Crippen LogP contribution is -2.43. The number of phosphoric acid groups is 3. The highest BCUT2D eigenvalue weighted by molar-refractivity contribution is 7.66. The molecule has 2 rings (SSSR count). The van der Waals surface area contributed by atoms with Crippen LogP contribution in [0, 0.1) is 24.1 Å². The number of rotatable bonds is 8. The predicted molar refractivity (Wildman–Crippen MR) is 98.5 cm³/mol. The van der Waals surface area contributed by atoms with E-state index >= 15 is 4.39 Å². The standard InChI is InChI=1S/C12H16F2N3O12P3/c1-2-12(14)8(17-4-7(13)10(15)16-11(17)19)3-6(9(12)18)5-27-31(23,24)29-32(25,26)28-30(20,21)22/h1,4,6,8-9,18H,3,5H2,(H,23,24)(H,25,26)(H2,15,16,19)(H2,20,21,22)/t6-,8-,9?,12?/m1/s1. The summed E-state index contributed by atoms with van der Waals surface area (Å²) < 4.78 is 74.6. The molecule has 32 heavy (non-hydrogen) atoms. The van der Waals surface area contributed by atoms with Gasteiger partial charge in [-0.1, -0.05) is 5.92 Å². The van der Waals surface area contributed by atoms with Crippen LogP contribution in [-0.4, -0.2) is 52.6 Å². The molecule has 0 aromatic carbocycles. The third kappa shape index (κ3) is 6.07. The Labute approximate surface area is 177 Å². The molecule has 7 N–H and O–H groups in total. The topological polar surface area (TPSA) is 241 Å². The number of nitrogen functional groups attached to an aromatic ring is 1. The summed E-state index contributed by atoms with van der Waals surface area (Å²) in [6, 6.07) is -1.73. The van der Waals surface area contributed by atoms with Crippen molar-refractivity contribution in [3.8, 4) is 12.3 Å². The highest BCUT2D eigenvalue weighted by atomic mass is 31.3. The number of phosphoric ester groups is 1. The third-order valence-corrected chi connectivity index (χ3v) is 8.05. The summed E-state index contributed by atoms with van der Waals surface area (Å²) in [4.78, 5) is 50.7. The molecule has 0 aliphatic heterocycles. The number of aliphatic hydroxyl groups excluding tert-OH is 1. The van der Waals surface area contributed by atoms with Gasteiger partial charge in [-0.25, -0.2) is 27.3 Å². The van der Waals surface area contributed by atoms with Crippen LogP contribution in [0.2, 0.25) is 0 Å². The van der Waals surface area contributed by atoms with Crippen LogP contribution >= 0.6 is 23.5 Å². The van der Waals surface area contributed by atoms with E-state index in [9.17, 15) is 32.9 Å². The first-order valence-corrected chi connectivity index (χ1v) is 12.6. The Balaban J connectivity index is 2.22. The normalized spacial score (nSPS) is 29.8. The number of halogens is 2. The van der Waals surface area contributed by atoms with Gasteiger partial charge in [-0.05, 0) is 6.42 Å². The van der Waals surface area contributed by atoms with Gasteiger partial charge in [0.05, 0.1) is 12.6 Å². The zero-order valence-corrected chi connectivity index (χ0v) is 18.1. The smallest absolute Gasteiger partial charge is 0.388 e. The Morgan fingerprint density at radius 2 is 1.88 bits per heavy atom. The van der Waals surface area contributed by atoms with Crippen LogP contribution in [0.1, 0.15) is 12.5 Å². The van der Waals surface area contributed by atoms with Crippen LogP contribution in [0.3, 0.4) is 0 Å².